The Balaban J connectivity index is 3.26. The van der Waals surface area contributed by atoms with Crippen molar-refractivity contribution in [3.63, 3.8) is 0 Å². The fourth-order valence-corrected chi connectivity index (χ4v) is 18.4. The Labute approximate surface area is 181 Å². The van der Waals surface area contributed by atoms with E-state index >= 15 is 0 Å². The van der Waals surface area contributed by atoms with Crippen LogP contribution < -0.4 is 0 Å². The van der Waals surface area contributed by atoms with Gasteiger partial charge in [-0.3, -0.25) is 0 Å². The van der Waals surface area contributed by atoms with Crippen LogP contribution in [-0.2, 0) is 4.43 Å². The van der Waals surface area contributed by atoms with Crippen molar-refractivity contribution in [1.29, 1.82) is 0 Å². The van der Waals surface area contributed by atoms with Gasteiger partial charge in [-0.25, -0.2) is 0 Å². The fourth-order valence-electron chi connectivity index (χ4n) is 2.80. The van der Waals surface area contributed by atoms with E-state index in [2.05, 4.69) is 6.92 Å². The molecule has 0 aliphatic heterocycles. The third kappa shape index (κ3) is 22.0. The molecule has 25 heavy (non-hydrogen) atoms. The molecule has 0 N–H and O–H groups in total. The van der Waals surface area contributed by atoms with Crippen LogP contribution in [0.1, 0.15) is 96.8 Å². The first-order chi connectivity index (χ1) is 11.8. The molecule has 0 unspecified atom stereocenters. The van der Waals surface area contributed by atoms with Gasteiger partial charge in [0, 0.05) is 12.3 Å². The van der Waals surface area contributed by atoms with Crippen LogP contribution in [0, 0.1) is 0 Å². The summed E-state index contributed by atoms with van der Waals surface area (Å²) in [5.41, 5.74) is 0.229. The Hall–Kier alpha value is 1.84. The van der Waals surface area contributed by atoms with Crippen LogP contribution >= 0.6 is 55.4 Å². The normalized spacial score (nSPS) is 12.7. The lowest BCUT2D eigenvalue weighted by atomic mass is 10.0. The summed E-state index contributed by atoms with van der Waals surface area (Å²) in [6.45, 7) is 0.0120. The molecule has 0 aromatic carbocycles. The van der Waals surface area contributed by atoms with Crippen molar-refractivity contribution in [2.24, 2.45) is 0 Å². The highest BCUT2D eigenvalue weighted by molar-refractivity contribution is 7.68. The van der Waals surface area contributed by atoms with Crippen molar-refractivity contribution < 1.29 is 4.43 Å². The summed E-state index contributed by atoms with van der Waals surface area (Å²) in [7, 11) is 0. The van der Waals surface area contributed by atoms with Gasteiger partial charge >= 0.3 is 12.9 Å². The van der Waals surface area contributed by atoms with Crippen molar-refractivity contribution in [1.82, 2.24) is 0 Å². The molecule has 0 heterocycles. The Morgan fingerprint density at radius 2 is 0.920 bits per heavy atom. The van der Waals surface area contributed by atoms with Gasteiger partial charge in [0.25, 0.3) is 0 Å². The summed E-state index contributed by atoms with van der Waals surface area (Å²) in [6.07, 6.45) is 18.6. The lowest BCUT2D eigenvalue weighted by Gasteiger charge is -2.19. The van der Waals surface area contributed by atoms with Crippen LogP contribution in [0.2, 0.25) is 5.67 Å². The second-order valence-electron chi connectivity index (χ2n) is 6.87. The zero-order valence-electron chi connectivity index (χ0n) is 15.6. The number of hydrogen-bond donors (Lipinski definition) is 0. The largest absolute Gasteiger partial charge is 0.392 e. The first-order valence-electron chi connectivity index (χ1n) is 9.85. The molecule has 0 aromatic rings. The smallest absolute Gasteiger partial charge is 0.390 e. The molecule has 0 amide bonds. The van der Waals surface area contributed by atoms with Gasteiger partial charge in [0.2, 0.25) is 0 Å². The van der Waals surface area contributed by atoms with E-state index in [1.165, 1.54) is 77.0 Å². The van der Waals surface area contributed by atoms with Gasteiger partial charge in [0.15, 0.2) is 0 Å². The summed E-state index contributed by atoms with van der Waals surface area (Å²) in [6, 6.07) is -2.81. The van der Waals surface area contributed by atoms with E-state index in [0.29, 0.717) is 6.61 Å². The monoisotopic (exact) mass is 486 g/mol. The molecule has 0 radical (unpaired) electrons. The Morgan fingerprint density at radius 3 is 1.28 bits per heavy atom. The van der Waals surface area contributed by atoms with Gasteiger partial charge in [-0.15, -0.1) is 55.4 Å². The maximum atomic E-state index is 6.14. The van der Waals surface area contributed by atoms with E-state index in [4.69, 9.17) is 59.8 Å². The summed E-state index contributed by atoms with van der Waals surface area (Å²) < 4.78 is 5.56. The second-order valence-corrected chi connectivity index (χ2v) is 22.9. The van der Waals surface area contributed by atoms with Crippen LogP contribution in [0.15, 0.2) is 0 Å². The number of halogens is 5. The van der Waals surface area contributed by atoms with Gasteiger partial charge in [-0.2, -0.15) is 0 Å². The van der Waals surface area contributed by atoms with Crippen LogP contribution in [0.25, 0.3) is 0 Å². The molecule has 0 aliphatic carbocycles. The molecule has 0 spiro atoms. The summed E-state index contributed by atoms with van der Waals surface area (Å²) >= 11 is 29.8. The van der Waals surface area contributed by atoms with Gasteiger partial charge in [-0.1, -0.05) is 90.4 Å². The van der Waals surface area contributed by atoms with Crippen molar-refractivity contribution in [3.8, 4) is 0 Å². The van der Waals surface area contributed by atoms with Gasteiger partial charge in [-0.05, 0) is 6.42 Å². The first kappa shape index (κ1) is 26.8. The minimum atomic E-state index is -2.83. The molecule has 0 saturated carbocycles. The molecule has 0 rings (SSSR count). The van der Waals surface area contributed by atoms with E-state index in [0.717, 1.165) is 12.8 Å². The lowest BCUT2D eigenvalue weighted by Crippen LogP contribution is -2.32. The average molecular weight is 489 g/mol. The molecule has 0 atom stereocenters. The van der Waals surface area contributed by atoms with Crippen molar-refractivity contribution in [3.05, 3.63) is 0 Å². The Bertz CT molecular complexity index is 301. The fraction of sp³-hybridized carbons (Fsp3) is 1.00. The molecule has 0 bridgehead atoms. The van der Waals surface area contributed by atoms with Gasteiger partial charge < -0.3 is 4.43 Å². The standard InChI is InChI=1S/C17H35Cl5OSi2/c1-2-3-4-5-6-7-8-9-10-11-12-13-14-15-16-23-25(21,22)17-24(18,19)20/h2-17H2,1H3. The third-order valence-corrected chi connectivity index (χ3v) is 14.8. The predicted molar refractivity (Wildman–Crippen MR) is 122 cm³/mol. The molecule has 0 aromatic heterocycles. The zero-order valence-corrected chi connectivity index (χ0v) is 21.4. The van der Waals surface area contributed by atoms with Crippen LogP contribution in [0.4, 0.5) is 0 Å². The molecule has 1 nitrogen and oxygen atoms in total. The van der Waals surface area contributed by atoms with E-state index in [-0.39, 0.29) is 5.67 Å². The number of unbranched alkanes of at least 4 members (excludes halogenated alkanes) is 13. The molecule has 0 saturated heterocycles. The quantitative estimate of drug-likeness (QED) is 0.106. The molecule has 0 aliphatic rings. The molecular formula is C17H35Cl5OSi2. The van der Waals surface area contributed by atoms with Crippen molar-refractivity contribution in [2.45, 2.75) is 102 Å². The predicted octanol–water partition coefficient (Wildman–Crippen LogP) is 9.10. The molecule has 8 heteroatoms. The minimum Gasteiger partial charge on any atom is -0.392 e. The molecule has 0 fully saturated rings. The topological polar surface area (TPSA) is 9.23 Å². The van der Waals surface area contributed by atoms with Crippen LogP contribution in [-0.4, -0.2) is 19.5 Å². The van der Waals surface area contributed by atoms with Crippen LogP contribution in [0.5, 0.6) is 0 Å². The van der Waals surface area contributed by atoms with E-state index < -0.39 is 12.9 Å². The lowest BCUT2D eigenvalue weighted by molar-refractivity contribution is 0.312. The SMILES string of the molecule is CCCCCCCCCCCCCCCCO[Si](Cl)(Cl)C[Si](Cl)(Cl)Cl. The zero-order chi connectivity index (χ0) is 19.0. The number of hydrogen-bond acceptors (Lipinski definition) is 1. The van der Waals surface area contributed by atoms with E-state index in [1.807, 2.05) is 0 Å². The van der Waals surface area contributed by atoms with Crippen LogP contribution in [0.3, 0.4) is 0 Å². The van der Waals surface area contributed by atoms with Gasteiger partial charge in [0.1, 0.15) is 0 Å². The van der Waals surface area contributed by atoms with Crippen molar-refractivity contribution >= 4 is 68.3 Å². The summed E-state index contributed by atoms with van der Waals surface area (Å²) in [5.74, 6) is 0. The molecular weight excluding hydrogens is 454 g/mol. The minimum absolute atomic E-state index is 0.229. The van der Waals surface area contributed by atoms with E-state index in [1.54, 1.807) is 0 Å². The van der Waals surface area contributed by atoms with Crippen molar-refractivity contribution in [2.75, 3.05) is 6.61 Å². The highest BCUT2D eigenvalue weighted by Gasteiger charge is 2.42. The third-order valence-electron chi connectivity index (χ3n) is 4.22. The maximum absolute atomic E-state index is 6.14. The average Bonchev–Trinajstić information content (AvgIpc) is 2.48. The number of rotatable bonds is 18. The Morgan fingerprint density at radius 1 is 0.560 bits per heavy atom. The highest BCUT2D eigenvalue weighted by Crippen LogP contribution is 2.35. The first-order valence-corrected chi connectivity index (χ1v) is 19.2. The molecule has 152 valence electrons. The van der Waals surface area contributed by atoms with E-state index in [9.17, 15) is 0 Å². The Kier molecular flexibility index (Phi) is 18.0. The van der Waals surface area contributed by atoms with Gasteiger partial charge in [0.05, 0.1) is 0 Å². The highest BCUT2D eigenvalue weighted by atomic mass is 35.8. The maximum Gasteiger partial charge on any atom is 0.390 e. The second kappa shape index (κ2) is 16.8. The summed E-state index contributed by atoms with van der Waals surface area (Å²) in [4.78, 5) is 0. The summed E-state index contributed by atoms with van der Waals surface area (Å²) in [5, 5.41) is 0.